The Balaban J connectivity index is 0.000000138. The van der Waals surface area contributed by atoms with Crippen molar-refractivity contribution < 1.29 is 4.48 Å². The Bertz CT molecular complexity index is 528. The monoisotopic (exact) mass is 239 g/mol. The van der Waals surface area contributed by atoms with Crippen LogP contribution in [-0.4, -0.2) is 0 Å². The topological polar surface area (TPSA) is 12.0 Å². The lowest BCUT2D eigenvalue weighted by Gasteiger charge is -1.92. The molecular weight excluding hydrogens is 225 g/mol. The van der Waals surface area contributed by atoms with E-state index in [2.05, 4.69) is 48.5 Å². The van der Waals surface area contributed by atoms with Crippen molar-refractivity contribution in [3.8, 4) is 0 Å². The van der Waals surface area contributed by atoms with Crippen LogP contribution in [0.25, 0.3) is 10.8 Å². The normalized spacial score (nSPS) is 9.39. The number of hydrogen-bond acceptors (Lipinski definition) is 1. The highest BCUT2D eigenvalue weighted by atomic mass is 19.2. The van der Waals surface area contributed by atoms with Crippen LogP contribution in [0.1, 0.15) is 0 Å². The van der Waals surface area contributed by atoms with E-state index < -0.39 is 0 Å². The van der Waals surface area contributed by atoms with Crippen LogP contribution in [0.2, 0.25) is 0 Å². The van der Waals surface area contributed by atoms with Gasteiger partial charge in [0.25, 0.3) is 0 Å². The second kappa shape index (κ2) is 6.40. The smallest absolute Gasteiger partial charge is 0.0655 e. The molecule has 0 aliphatic heterocycles. The van der Waals surface area contributed by atoms with Gasteiger partial charge in [-0.05, 0) is 22.9 Å². The molecule has 3 aromatic carbocycles. The van der Waals surface area contributed by atoms with E-state index in [1.54, 1.807) is 24.3 Å². The van der Waals surface area contributed by atoms with E-state index in [0.717, 1.165) is 0 Å². The molecule has 3 rings (SSSR count). The molecule has 0 atom stereocenters. The first-order chi connectivity index (χ1) is 8.90. The zero-order valence-corrected chi connectivity index (χ0v) is 9.88. The summed E-state index contributed by atoms with van der Waals surface area (Å²) in [4.78, 5) is 0. The summed E-state index contributed by atoms with van der Waals surface area (Å²) < 4.78 is 11.5. The van der Waals surface area contributed by atoms with E-state index >= 15 is 0 Å². The first kappa shape index (κ1) is 12.1. The first-order valence-electron chi connectivity index (χ1n) is 5.75. The van der Waals surface area contributed by atoms with E-state index in [0.29, 0.717) is 5.69 Å². The summed E-state index contributed by atoms with van der Waals surface area (Å²) in [5, 5.41) is 2.62. The quantitative estimate of drug-likeness (QED) is 0.600. The summed E-state index contributed by atoms with van der Waals surface area (Å²) in [6.07, 6.45) is 0. The standard InChI is InChI=1S/C10H8.C6H6FN/c1-2-6-10-8-4-3-7-9(10)5-1;7-8-6-4-2-1-3-5-6/h1-8H;1-5,8H. The molecule has 0 saturated heterocycles. The zero-order chi connectivity index (χ0) is 12.6. The number of halogens is 1. The van der Waals surface area contributed by atoms with Crippen molar-refractivity contribution in [2.24, 2.45) is 0 Å². The maximum Gasteiger partial charge on any atom is 0.0655 e. The molecule has 0 saturated carbocycles. The molecule has 1 nitrogen and oxygen atoms in total. The SMILES string of the molecule is FNc1ccccc1.c1ccc2ccccc2c1. The van der Waals surface area contributed by atoms with E-state index in [-0.39, 0.29) is 0 Å². The van der Waals surface area contributed by atoms with E-state index in [1.165, 1.54) is 16.3 Å². The Morgan fingerprint density at radius 3 is 1.28 bits per heavy atom. The predicted molar refractivity (Wildman–Crippen MR) is 75.1 cm³/mol. The van der Waals surface area contributed by atoms with Crippen molar-refractivity contribution in [1.82, 2.24) is 0 Å². The van der Waals surface area contributed by atoms with Crippen LogP contribution in [0.3, 0.4) is 0 Å². The van der Waals surface area contributed by atoms with Gasteiger partial charge in [-0.1, -0.05) is 66.7 Å². The van der Waals surface area contributed by atoms with Gasteiger partial charge in [0.05, 0.1) is 5.69 Å². The van der Waals surface area contributed by atoms with Gasteiger partial charge in [0, 0.05) is 0 Å². The minimum absolute atomic E-state index is 0.493. The van der Waals surface area contributed by atoms with Gasteiger partial charge in [-0.15, -0.1) is 4.48 Å². The molecule has 0 spiro atoms. The van der Waals surface area contributed by atoms with E-state index in [4.69, 9.17) is 0 Å². The third-order valence-corrected chi connectivity index (χ3v) is 2.54. The molecule has 0 amide bonds. The fourth-order valence-corrected chi connectivity index (χ4v) is 1.63. The molecule has 0 aliphatic carbocycles. The number of fused-ring (bicyclic) bond motifs is 1. The molecule has 0 radical (unpaired) electrons. The highest BCUT2D eigenvalue weighted by molar-refractivity contribution is 5.81. The summed E-state index contributed by atoms with van der Waals surface area (Å²) in [5.41, 5.74) is 2.02. The van der Waals surface area contributed by atoms with Crippen LogP contribution in [0.4, 0.5) is 10.2 Å². The second-order valence-electron chi connectivity index (χ2n) is 3.81. The lowest BCUT2D eigenvalue weighted by Crippen LogP contribution is -1.77. The summed E-state index contributed by atoms with van der Waals surface area (Å²) in [6, 6.07) is 25.4. The van der Waals surface area contributed by atoms with Crippen LogP contribution in [0.5, 0.6) is 0 Å². The summed E-state index contributed by atoms with van der Waals surface area (Å²) in [6.45, 7) is 0. The predicted octanol–water partition coefficient (Wildman–Crippen LogP) is 4.82. The van der Waals surface area contributed by atoms with Crippen molar-refractivity contribution in [2.75, 3.05) is 5.54 Å². The molecular formula is C16H14FN. The Morgan fingerprint density at radius 2 is 0.944 bits per heavy atom. The molecule has 0 unspecified atom stereocenters. The van der Waals surface area contributed by atoms with Crippen molar-refractivity contribution in [3.05, 3.63) is 78.9 Å². The summed E-state index contributed by atoms with van der Waals surface area (Å²) >= 11 is 0. The van der Waals surface area contributed by atoms with Crippen molar-refractivity contribution in [3.63, 3.8) is 0 Å². The lowest BCUT2D eigenvalue weighted by atomic mass is 10.1. The van der Waals surface area contributed by atoms with Gasteiger partial charge < -0.3 is 0 Å². The van der Waals surface area contributed by atoms with Crippen LogP contribution < -0.4 is 5.54 Å². The Labute approximate surface area is 106 Å². The van der Waals surface area contributed by atoms with Gasteiger partial charge in [-0.25, -0.2) is 5.54 Å². The molecule has 1 N–H and O–H groups in total. The molecule has 0 aliphatic rings. The highest BCUT2D eigenvalue weighted by Crippen LogP contribution is 2.11. The highest BCUT2D eigenvalue weighted by Gasteiger charge is 1.85. The minimum Gasteiger partial charge on any atom is -0.225 e. The minimum atomic E-state index is 0.493. The second-order valence-corrected chi connectivity index (χ2v) is 3.81. The maximum atomic E-state index is 11.5. The van der Waals surface area contributed by atoms with Crippen LogP contribution in [-0.2, 0) is 0 Å². The fourth-order valence-electron chi connectivity index (χ4n) is 1.63. The van der Waals surface area contributed by atoms with Crippen LogP contribution in [0.15, 0.2) is 78.9 Å². The van der Waals surface area contributed by atoms with Crippen LogP contribution >= 0.6 is 0 Å². The summed E-state index contributed by atoms with van der Waals surface area (Å²) in [7, 11) is 0. The number of para-hydroxylation sites is 1. The number of hydrogen-bond donors (Lipinski definition) is 1. The molecule has 0 bridgehead atoms. The molecule has 2 heteroatoms. The fraction of sp³-hybridized carbons (Fsp3) is 0. The Morgan fingerprint density at radius 1 is 0.556 bits per heavy atom. The largest absolute Gasteiger partial charge is 0.225 e. The maximum absolute atomic E-state index is 11.5. The summed E-state index contributed by atoms with van der Waals surface area (Å²) in [5.74, 6) is 0. The zero-order valence-electron chi connectivity index (χ0n) is 9.88. The number of nitrogens with one attached hydrogen (secondary N) is 1. The molecule has 3 aromatic rings. The third-order valence-electron chi connectivity index (χ3n) is 2.54. The van der Waals surface area contributed by atoms with Gasteiger partial charge in [0.2, 0.25) is 0 Å². The van der Waals surface area contributed by atoms with Gasteiger partial charge in [0.1, 0.15) is 0 Å². The van der Waals surface area contributed by atoms with Gasteiger partial charge in [-0.3, -0.25) is 0 Å². The Kier molecular flexibility index (Phi) is 4.31. The molecule has 18 heavy (non-hydrogen) atoms. The van der Waals surface area contributed by atoms with Gasteiger partial charge in [-0.2, -0.15) is 0 Å². The Hall–Kier alpha value is -2.35. The third kappa shape index (κ3) is 3.32. The molecule has 90 valence electrons. The first-order valence-corrected chi connectivity index (χ1v) is 5.75. The number of rotatable bonds is 1. The molecule has 0 fully saturated rings. The van der Waals surface area contributed by atoms with E-state index in [9.17, 15) is 4.48 Å². The number of anilines is 1. The molecule has 0 aromatic heterocycles. The average Bonchev–Trinajstić information content (AvgIpc) is 2.49. The van der Waals surface area contributed by atoms with Gasteiger partial charge >= 0.3 is 0 Å². The van der Waals surface area contributed by atoms with Crippen LogP contribution in [0, 0.1) is 0 Å². The average molecular weight is 239 g/mol. The van der Waals surface area contributed by atoms with Gasteiger partial charge in [0.15, 0.2) is 0 Å². The van der Waals surface area contributed by atoms with Crippen molar-refractivity contribution in [1.29, 1.82) is 0 Å². The van der Waals surface area contributed by atoms with Crippen molar-refractivity contribution in [2.45, 2.75) is 0 Å². The van der Waals surface area contributed by atoms with Crippen molar-refractivity contribution >= 4 is 16.5 Å². The number of benzene rings is 3. The molecule has 0 heterocycles. The van der Waals surface area contributed by atoms with E-state index in [1.807, 2.05) is 6.07 Å². The lowest BCUT2D eigenvalue weighted by molar-refractivity contribution is 0.618.